The molecule has 94 valence electrons. The van der Waals surface area contributed by atoms with E-state index < -0.39 is 4.92 Å². The Labute approximate surface area is 100 Å². The summed E-state index contributed by atoms with van der Waals surface area (Å²) in [5.74, 6) is 0.375. The van der Waals surface area contributed by atoms with Gasteiger partial charge in [-0.2, -0.15) is 4.98 Å². The first-order valence-electron chi connectivity index (χ1n) is 4.92. The number of hydrogen-bond donors (Lipinski definition) is 2. The quantitative estimate of drug-likeness (QED) is 0.553. The van der Waals surface area contributed by atoms with Gasteiger partial charge in [0, 0.05) is 13.0 Å². The molecule has 0 aliphatic heterocycles. The lowest BCUT2D eigenvalue weighted by Crippen LogP contribution is -2.11. The Morgan fingerprint density at radius 3 is 2.94 bits per heavy atom. The van der Waals surface area contributed by atoms with Crippen LogP contribution in [0.1, 0.15) is 5.82 Å². The standard InChI is InChI=1S/C8H9N7O3/c9-7-6(15(16)17)8(12-3-11-7)10-2-1-5-13-4-18-14-5/h3-4H,1-2H2,(H3,9,10,11,12). The molecule has 0 saturated carbocycles. The van der Waals surface area contributed by atoms with Gasteiger partial charge in [-0.1, -0.05) is 5.16 Å². The Bertz CT molecular complexity index is 542. The normalized spacial score (nSPS) is 10.2. The minimum atomic E-state index is -0.633. The van der Waals surface area contributed by atoms with Gasteiger partial charge in [0.05, 0.1) is 4.92 Å². The van der Waals surface area contributed by atoms with Crippen molar-refractivity contribution < 1.29 is 9.45 Å². The molecule has 10 nitrogen and oxygen atoms in total. The van der Waals surface area contributed by atoms with Gasteiger partial charge in [0.25, 0.3) is 0 Å². The fourth-order valence-corrected chi connectivity index (χ4v) is 1.30. The SMILES string of the molecule is Nc1ncnc(NCCc2ncon2)c1[N+](=O)[O-]. The molecule has 0 aliphatic carbocycles. The zero-order chi connectivity index (χ0) is 13.0. The number of anilines is 2. The van der Waals surface area contributed by atoms with Crippen LogP contribution in [0.5, 0.6) is 0 Å². The summed E-state index contributed by atoms with van der Waals surface area (Å²) in [6.45, 7) is 0.358. The number of nitrogen functional groups attached to an aromatic ring is 1. The van der Waals surface area contributed by atoms with E-state index in [0.29, 0.717) is 18.8 Å². The van der Waals surface area contributed by atoms with Crippen molar-refractivity contribution in [3.05, 3.63) is 28.7 Å². The molecule has 0 amide bonds. The predicted octanol–water partition coefficient (Wildman–Crippen LogP) is 0.00460. The number of nitrogens with zero attached hydrogens (tertiary/aromatic N) is 5. The van der Waals surface area contributed by atoms with E-state index in [0.717, 1.165) is 6.33 Å². The number of hydrogen-bond acceptors (Lipinski definition) is 9. The third-order valence-electron chi connectivity index (χ3n) is 2.08. The molecule has 0 unspecified atom stereocenters. The Balaban J connectivity index is 2.05. The Morgan fingerprint density at radius 2 is 2.28 bits per heavy atom. The van der Waals surface area contributed by atoms with E-state index in [1.54, 1.807) is 0 Å². The maximum Gasteiger partial charge on any atom is 0.352 e. The second-order valence-corrected chi connectivity index (χ2v) is 3.24. The van der Waals surface area contributed by atoms with Gasteiger partial charge in [0.15, 0.2) is 5.82 Å². The van der Waals surface area contributed by atoms with Crippen LogP contribution >= 0.6 is 0 Å². The summed E-state index contributed by atoms with van der Waals surface area (Å²) in [6.07, 6.45) is 2.80. The first kappa shape index (κ1) is 11.7. The lowest BCUT2D eigenvalue weighted by molar-refractivity contribution is -0.383. The molecule has 0 saturated heterocycles. The molecule has 2 heterocycles. The largest absolute Gasteiger partial charge is 0.378 e. The zero-order valence-electron chi connectivity index (χ0n) is 9.11. The first-order chi connectivity index (χ1) is 8.68. The van der Waals surface area contributed by atoms with E-state index in [4.69, 9.17) is 5.73 Å². The van der Waals surface area contributed by atoms with Crippen LogP contribution in [-0.4, -0.2) is 31.6 Å². The fourth-order valence-electron chi connectivity index (χ4n) is 1.30. The molecule has 0 bridgehead atoms. The van der Waals surface area contributed by atoms with E-state index in [2.05, 4.69) is 29.9 Å². The summed E-state index contributed by atoms with van der Waals surface area (Å²) in [7, 11) is 0. The summed E-state index contributed by atoms with van der Waals surface area (Å²) in [5, 5.41) is 17.2. The highest BCUT2D eigenvalue weighted by molar-refractivity contribution is 5.67. The van der Waals surface area contributed by atoms with Gasteiger partial charge >= 0.3 is 5.69 Å². The molecule has 18 heavy (non-hydrogen) atoms. The summed E-state index contributed by atoms with van der Waals surface area (Å²) < 4.78 is 4.56. The van der Waals surface area contributed by atoms with Crippen LogP contribution in [0.3, 0.4) is 0 Å². The first-order valence-corrected chi connectivity index (χ1v) is 4.92. The maximum absolute atomic E-state index is 10.8. The van der Waals surface area contributed by atoms with Crippen molar-refractivity contribution in [2.75, 3.05) is 17.6 Å². The molecule has 0 aliphatic rings. The Morgan fingerprint density at radius 1 is 1.44 bits per heavy atom. The summed E-state index contributed by atoms with van der Waals surface area (Å²) in [5.41, 5.74) is 5.07. The third-order valence-corrected chi connectivity index (χ3v) is 2.08. The number of aromatic nitrogens is 4. The molecule has 10 heteroatoms. The lowest BCUT2D eigenvalue weighted by atomic mass is 10.4. The van der Waals surface area contributed by atoms with Crippen LogP contribution in [0, 0.1) is 10.1 Å². The lowest BCUT2D eigenvalue weighted by Gasteiger charge is -2.05. The average molecular weight is 251 g/mol. The van der Waals surface area contributed by atoms with Crippen LogP contribution in [0.25, 0.3) is 0 Å². The van der Waals surface area contributed by atoms with Crippen LogP contribution in [0.2, 0.25) is 0 Å². The zero-order valence-corrected chi connectivity index (χ0v) is 9.11. The third kappa shape index (κ3) is 2.48. The molecule has 0 fully saturated rings. The molecule has 2 aromatic rings. The van der Waals surface area contributed by atoms with E-state index in [1.165, 1.54) is 6.39 Å². The minimum absolute atomic E-state index is 0.0657. The van der Waals surface area contributed by atoms with Crippen LogP contribution < -0.4 is 11.1 Å². The van der Waals surface area contributed by atoms with E-state index in [-0.39, 0.29) is 17.3 Å². The molecule has 2 aromatic heterocycles. The average Bonchev–Trinajstić information content (AvgIpc) is 2.81. The maximum atomic E-state index is 10.8. The van der Waals surface area contributed by atoms with Crippen molar-refractivity contribution in [1.82, 2.24) is 20.1 Å². The number of nitro groups is 1. The summed E-state index contributed by atoms with van der Waals surface area (Å²) >= 11 is 0. The number of nitrogens with one attached hydrogen (secondary N) is 1. The highest BCUT2D eigenvalue weighted by Gasteiger charge is 2.20. The molecule has 3 N–H and O–H groups in total. The molecular formula is C8H9N7O3. The van der Waals surface area contributed by atoms with E-state index in [1.807, 2.05) is 0 Å². The molecule has 0 radical (unpaired) electrons. The Kier molecular flexibility index (Phi) is 3.27. The van der Waals surface area contributed by atoms with Gasteiger partial charge in [0.1, 0.15) is 6.33 Å². The topological polar surface area (TPSA) is 146 Å². The van der Waals surface area contributed by atoms with Crippen molar-refractivity contribution in [3.8, 4) is 0 Å². The smallest absolute Gasteiger partial charge is 0.352 e. The van der Waals surface area contributed by atoms with Crippen LogP contribution in [0.4, 0.5) is 17.3 Å². The van der Waals surface area contributed by atoms with Gasteiger partial charge in [-0.15, -0.1) is 0 Å². The second kappa shape index (κ2) is 5.03. The van der Waals surface area contributed by atoms with Gasteiger partial charge in [-0.05, 0) is 0 Å². The van der Waals surface area contributed by atoms with E-state index in [9.17, 15) is 10.1 Å². The Hall–Kier alpha value is -2.78. The van der Waals surface area contributed by atoms with E-state index >= 15 is 0 Å². The van der Waals surface area contributed by atoms with Gasteiger partial charge in [-0.25, -0.2) is 9.97 Å². The minimum Gasteiger partial charge on any atom is -0.378 e. The fraction of sp³-hybridized carbons (Fsp3) is 0.250. The molecule has 2 rings (SSSR count). The molecule has 0 aromatic carbocycles. The van der Waals surface area contributed by atoms with Crippen molar-refractivity contribution in [3.63, 3.8) is 0 Å². The van der Waals surface area contributed by atoms with Crippen molar-refractivity contribution in [1.29, 1.82) is 0 Å². The molecule has 0 spiro atoms. The molecule has 0 atom stereocenters. The van der Waals surface area contributed by atoms with Crippen molar-refractivity contribution in [2.45, 2.75) is 6.42 Å². The monoisotopic (exact) mass is 251 g/mol. The van der Waals surface area contributed by atoms with Crippen LogP contribution in [0.15, 0.2) is 17.2 Å². The number of rotatable bonds is 5. The van der Waals surface area contributed by atoms with Gasteiger partial charge < -0.3 is 15.6 Å². The summed E-state index contributed by atoms with van der Waals surface area (Å²) in [6, 6.07) is 0. The summed E-state index contributed by atoms with van der Waals surface area (Å²) in [4.78, 5) is 21.3. The van der Waals surface area contributed by atoms with Crippen LogP contribution in [-0.2, 0) is 6.42 Å². The highest BCUT2D eigenvalue weighted by atomic mass is 16.6. The van der Waals surface area contributed by atoms with Crippen molar-refractivity contribution >= 4 is 17.3 Å². The second-order valence-electron chi connectivity index (χ2n) is 3.24. The van der Waals surface area contributed by atoms with Crippen molar-refractivity contribution in [2.24, 2.45) is 0 Å². The van der Waals surface area contributed by atoms with Gasteiger partial charge in [0.2, 0.25) is 18.0 Å². The van der Waals surface area contributed by atoms with Gasteiger partial charge in [-0.3, -0.25) is 10.1 Å². The number of nitrogens with two attached hydrogens (primary N) is 1. The highest BCUT2D eigenvalue weighted by Crippen LogP contribution is 2.25. The predicted molar refractivity (Wildman–Crippen MR) is 59.6 cm³/mol. The molecular weight excluding hydrogens is 242 g/mol.